The van der Waals surface area contributed by atoms with E-state index in [1.807, 2.05) is 48.5 Å². The standard InChI is InChI=1S/C20H17N3O3/c24-19(22-16-8-3-7-15-14(16)6-4-12-21-15)11-5-13-23-17-9-1-2-10-18(17)26-20(23)25/h1-4,6-10,12H,5,11,13H2,(H,22,24). The van der Waals surface area contributed by atoms with Gasteiger partial charge in [0.1, 0.15) is 0 Å². The van der Waals surface area contributed by atoms with Crippen LogP contribution in [0.4, 0.5) is 5.69 Å². The summed E-state index contributed by atoms with van der Waals surface area (Å²) in [5.41, 5.74) is 2.89. The number of rotatable bonds is 5. The average Bonchev–Trinajstić information content (AvgIpc) is 2.98. The lowest BCUT2D eigenvalue weighted by Crippen LogP contribution is -2.17. The Balaban J connectivity index is 1.42. The van der Waals surface area contributed by atoms with Crippen molar-refractivity contribution in [2.45, 2.75) is 19.4 Å². The van der Waals surface area contributed by atoms with E-state index in [-0.39, 0.29) is 5.91 Å². The molecule has 130 valence electrons. The minimum absolute atomic E-state index is 0.0952. The van der Waals surface area contributed by atoms with E-state index in [0.29, 0.717) is 25.0 Å². The smallest absolute Gasteiger partial charge is 0.408 e. The largest absolute Gasteiger partial charge is 0.419 e. The summed E-state index contributed by atoms with van der Waals surface area (Å²) in [4.78, 5) is 28.5. The van der Waals surface area contributed by atoms with Crippen molar-refractivity contribution < 1.29 is 9.21 Å². The van der Waals surface area contributed by atoms with Crippen LogP contribution in [0.3, 0.4) is 0 Å². The zero-order chi connectivity index (χ0) is 17.9. The second-order valence-electron chi connectivity index (χ2n) is 6.01. The van der Waals surface area contributed by atoms with Crippen LogP contribution in [0, 0.1) is 0 Å². The SMILES string of the molecule is O=C(CCCn1c(=O)oc2ccccc21)Nc1cccc2ncccc12. The van der Waals surface area contributed by atoms with E-state index < -0.39 is 5.76 Å². The predicted molar refractivity (Wildman–Crippen MR) is 100 cm³/mol. The van der Waals surface area contributed by atoms with E-state index in [1.165, 1.54) is 0 Å². The highest BCUT2D eigenvalue weighted by Crippen LogP contribution is 2.21. The second-order valence-corrected chi connectivity index (χ2v) is 6.01. The normalized spacial score (nSPS) is 11.1. The first-order valence-corrected chi connectivity index (χ1v) is 8.44. The topological polar surface area (TPSA) is 77.1 Å². The molecule has 0 unspecified atom stereocenters. The van der Waals surface area contributed by atoms with Gasteiger partial charge in [-0.3, -0.25) is 14.3 Å². The maximum Gasteiger partial charge on any atom is 0.419 e. The molecule has 2 aromatic carbocycles. The number of aromatic nitrogens is 2. The van der Waals surface area contributed by atoms with Crippen LogP contribution < -0.4 is 11.1 Å². The van der Waals surface area contributed by atoms with Crippen molar-refractivity contribution in [1.82, 2.24) is 9.55 Å². The molecule has 0 radical (unpaired) electrons. The number of nitrogens with zero attached hydrogens (tertiary/aromatic N) is 2. The van der Waals surface area contributed by atoms with E-state index in [0.717, 1.165) is 22.1 Å². The quantitative estimate of drug-likeness (QED) is 0.599. The van der Waals surface area contributed by atoms with Gasteiger partial charge in [-0.05, 0) is 42.8 Å². The molecule has 4 rings (SSSR count). The fourth-order valence-corrected chi connectivity index (χ4v) is 3.05. The Bertz CT molecular complexity index is 1140. The minimum Gasteiger partial charge on any atom is -0.408 e. The van der Waals surface area contributed by atoms with E-state index in [4.69, 9.17) is 4.42 Å². The van der Waals surface area contributed by atoms with Crippen molar-refractivity contribution in [3.8, 4) is 0 Å². The number of anilines is 1. The highest BCUT2D eigenvalue weighted by atomic mass is 16.4. The fourth-order valence-electron chi connectivity index (χ4n) is 3.05. The molecule has 0 saturated carbocycles. The van der Waals surface area contributed by atoms with Crippen LogP contribution in [0.25, 0.3) is 22.0 Å². The van der Waals surface area contributed by atoms with E-state index >= 15 is 0 Å². The van der Waals surface area contributed by atoms with Gasteiger partial charge in [0.05, 0.1) is 16.7 Å². The van der Waals surface area contributed by atoms with E-state index in [1.54, 1.807) is 16.8 Å². The summed E-state index contributed by atoms with van der Waals surface area (Å²) in [6.07, 6.45) is 2.57. The van der Waals surface area contributed by atoms with Crippen LogP contribution in [-0.2, 0) is 11.3 Å². The van der Waals surface area contributed by atoms with E-state index in [2.05, 4.69) is 10.3 Å². The molecule has 2 aromatic heterocycles. The van der Waals surface area contributed by atoms with Gasteiger partial charge in [-0.2, -0.15) is 0 Å². The predicted octanol–water partition coefficient (Wildman–Crippen LogP) is 3.56. The molecule has 4 aromatic rings. The third-order valence-corrected chi connectivity index (χ3v) is 4.28. The summed E-state index contributed by atoms with van der Waals surface area (Å²) in [5.74, 6) is -0.492. The van der Waals surface area contributed by atoms with E-state index in [9.17, 15) is 9.59 Å². The fraction of sp³-hybridized carbons (Fsp3) is 0.150. The van der Waals surface area contributed by atoms with Crippen molar-refractivity contribution >= 4 is 33.6 Å². The molecule has 0 spiro atoms. The molecule has 0 fully saturated rings. The number of hydrogen-bond donors (Lipinski definition) is 1. The van der Waals surface area contributed by atoms with Gasteiger partial charge in [0.25, 0.3) is 0 Å². The summed E-state index contributed by atoms with van der Waals surface area (Å²) in [6, 6.07) is 16.7. The molecule has 26 heavy (non-hydrogen) atoms. The van der Waals surface area contributed by atoms with Crippen LogP contribution in [0.5, 0.6) is 0 Å². The van der Waals surface area contributed by atoms with Crippen molar-refractivity contribution in [3.63, 3.8) is 0 Å². The lowest BCUT2D eigenvalue weighted by Gasteiger charge is -2.08. The van der Waals surface area contributed by atoms with Gasteiger partial charge in [-0.25, -0.2) is 4.79 Å². The first-order valence-electron chi connectivity index (χ1n) is 8.44. The molecule has 6 nitrogen and oxygen atoms in total. The number of oxazole rings is 1. The average molecular weight is 347 g/mol. The van der Waals surface area contributed by atoms with Gasteiger partial charge in [0.2, 0.25) is 5.91 Å². The third kappa shape index (κ3) is 3.09. The summed E-state index contributed by atoms with van der Waals surface area (Å²) >= 11 is 0. The number of pyridine rings is 1. The van der Waals surface area contributed by atoms with Gasteiger partial charge < -0.3 is 9.73 Å². The molecular formula is C20H17N3O3. The number of hydrogen-bond acceptors (Lipinski definition) is 4. The molecule has 0 aliphatic heterocycles. The van der Waals surface area contributed by atoms with Gasteiger partial charge in [0, 0.05) is 24.5 Å². The third-order valence-electron chi connectivity index (χ3n) is 4.28. The molecule has 1 amide bonds. The summed E-state index contributed by atoms with van der Waals surface area (Å²) in [6.45, 7) is 0.431. The van der Waals surface area contributed by atoms with Crippen molar-refractivity contribution in [1.29, 1.82) is 0 Å². The molecule has 0 aliphatic carbocycles. The maximum atomic E-state index is 12.3. The molecule has 0 bridgehead atoms. The Morgan fingerprint density at radius 2 is 1.96 bits per heavy atom. The Kier molecular flexibility index (Phi) is 4.23. The van der Waals surface area contributed by atoms with Crippen LogP contribution in [-0.4, -0.2) is 15.5 Å². The minimum atomic E-state index is -0.397. The zero-order valence-corrected chi connectivity index (χ0v) is 14.0. The molecular weight excluding hydrogens is 330 g/mol. The number of fused-ring (bicyclic) bond motifs is 2. The van der Waals surface area contributed by atoms with Crippen molar-refractivity contribution in [3.05, 3.63) is 71.3 Å². The lowest BCUT2D eigenvalue weighted by atomic mass is 10.1. The number of benzene rings is 2. The second kappa shape index (κ2) is 6.84. The highest BCUT2D eigenvalue weighted by molar-refractivity contribution is 6.00. The van der Waals surface area contributed by atoms with Crippen LogP contribution in [0.15, 0.2) is 70.0 Å². The monoisotopic (exact) mass is 347 g/mol. The number of amides is 1. The number of nitrogens with one attached hydrogen (secondary N) is 1. The van der Waals surface area contributed by atoms with Crippen molar-refractivity contribution in [2.24, 2.45) is 0 Å². The molecule has 0 saturated heterocycles. The van der Waals surface area contributed by atoms with Crippen molar-refractivity contribution in [2.75, 3.05) is 5.32 Å². The first kappa shape index (κ1) is 16.1. The molecule has 0 aliphatic rings. The van der Waals surface area contributed by atoms with Gasteiger partial charge >= 0.3 is 5.76 Å². The number of para-hydroxylation sites is 2. The molecule has 2 heterocycles. The Hall–Kier alpha value is -3.41. The van der Waals surface area contributed by atoms with Crippen LogP contribution in [0.1, 0.15) is 12.8 Å². The summed E-state index contributed by atoms with van der Waals surface area (Å²) in [5, 5.41) is 3.83. The highest BCUT2D eigenvalue weighted by Gasteiger charge is 2.10. The lowest BCUT2D eigenvalue weighted by molar-refractivity contribution is -0.116. The molecule has 6 heteroatoms. The Morgan fingerprint density at radius 3 is 2.88 bits per heavy atom. The van der Waals surface area contributed by atoms with Crippen LogP contribution >= 0.6 is 0 Å². The maximum absolute atomic E-state index is 12.3. The summed E-state index contributed by atoms with van der Waals surface area (Å²) in [7, 11) is 0. The number of carbonyl (C=O) groups excluding carboxylic acids is 1. The summed E-state index contributed by atoms with van der Waals surface area (Å²) < 4.78 is 6.76. The number of aryl methyl sites for hydroxylation is 1. The van der Waals surface area contributed by atoms with Gasteiger partial charge in [0.15, 0.2) is 5.58 Å². The Morgan fingerprint density at radius 1 is 1.08 bits per heavy atom. The van der Waals surface area contributed by atoms with Gasteiger partial charge in [-0.15, -0.1) is 0 Å². The van der Waals surface area contributed by atoms with Gasteiger partial charge in [-0.1, -0.05) is 18.2 Å². The number of carbonyl (C=O) groups is 1. The van der Waals surface area contributed by atoms with Crippen LogP contribution in [0.2, 0.25) is 0 Å². The molecule has 1 N–H and O–H groups in total. The molecule has 0 atom stereocenters. The Labute approximate surface area is 149 Å². The first-order chi connectivity index (χ1) is 12.7. The zero-order valence-electron chi connectivity index (χ0n) is 14.0.